The van der Waals surface area contributed by atoms with Crippen LogP contribution in [0.15, 0.2) is 59.2 Å². The molecule has 0 aliphatic heterocycles. The summed E-state index contributed by atoms with van der Waals surface area (Å²) >= 11 is 0. The van der Waals surface area contributed by atoms with Crippen LogP contribution in [0.1, 0.15) is 16.9 Å². The van der Waals surface area contributed by atoms with E-state index >= 15 is 0 Å². The van der Waals surface area contributed by atoms with Crippen molar-refractivity contribution >= 4 is 11.9 Å². The topological polar surface area (TPSA) is 86.4 Å². The third kappa shape index (κ3) is 3.77. The fraction of sp³-hybridized carbons (Fsp3) is 0.167. The molecule has 3 rings (SSSR count). The standard InChI is InChI=1S/C18H17N3O4/c1-24-17(22)9-10-19-18(23)15-12-14(16-8-5-11-25-16)20-21(15)13-6-3-2-4-7-13/h2-8,11-12H,9-10H2,1H3,(H,19,23). The summed E-state index contributed by atoms with van der Waals surface area (Å²) in [4.78, 5) is 23.7. The van der Waals surface area contributed by atoms with E-state index in [-0.39, 0.29) is 24.8 Å². The first-order chi connectivity index (χ1) is 12.2. The van der Waals surface area contributed by atoms with Crippen molar-refractivity contribution in [1.29, 1.82) is 0 Å². The number of hydrogen-bond donors (Lipinski definition) is 1. The van der Waals surface area contributed by atoms with Crippen molar-refractivity contribution < 1.29 is 18.7 Å². The SMILES string of the molecule is COC(=O)CCNC(=O)c1cc(-c2ccco2)nn1-c1ccccc1. The molecule has 0 fully saturated rings. The van der Waals surface area contributed by atoms with Gasteiger partial charge in [-0.1, -0.05) is 18.2 Å². The number of methoxy groups -OCH3 is 1. The van der Waals surface area contributed by atoms with Crippen molar-refractivity contribution in [2.75, 3.05) is 13.7 Å². The smallest absolute Gasteiger partial charge is 0.307 e. The second kappa shape index (κ2) is 7.48. The summed E-state index contributed by atoms with van der Waals surface area (Å²) in [7, 11) is 1.31. The number of amides is 1. The highest BCUT2D eigenvalue weighted by atomic mass is 16.5. The first-order valence-electron chi connectivity index (χ1n) is 7.73. The maximum Gasteiger partial charge on any atom is 0.307 e. The number of nitrogens with zero attached hydrogens (tertiary/aromatic N) is 2. The van der Waals surface area contributed by atoms with E-state index < -0.39 is 0 Å². The zero-order valence-corrected chi connectivity index (χ0v) is 13.6. The Morgan fingerprint density at radius 2 is 2.00 bits per heavy atom. The second-order valence-corrected chi connectivity index (χ2v) is 5.22. The molecule has 0 saturated heterocycles. The molecule has 0 saturated carbocycles. The van der Waals surface area contributed by atoms with Crippen molar-refractivity contribution in [2.45, 2.75) is 6.42 Å². The van der Waals surface area contributed by atoms with Gasteiger partial charge in [0, 0.05) is 12.6 Å². The molecular formula is C18H17N3O4. The third-order valence-electron chi connectivity index (χ3n) is 3.56. The number of esters is 1. The lowest BCUT2D eigenvalue weighted by Gasteiger charge is -2.07. The van der Waals surface area contributed by atoms with Gasteiger partial charge in [-0.2, -0.15) is 5.10 Å². The molecule has 0 aliphatic rings. The van der Waals surface area contributed by atoms with Crippen LogP contribution in [0.3, 0.4) is 0 Å². The molecule has 0 radical (unpaired) electrons. The van der Waals surface area contributed by atoms with Gasteiger partial charge in [0.25, 0.3) is 5.91 Å². The Hall–Kier alpha value is -3.35. The number of benzene rings is 1. The summed E-state index contributed by atoms with van der Waals surface area (Å²) in [6.07, 6.45) is 1.65. The monoisotopic (exact) mass is 339 g/mol. The van der Waals surface area contributed by atoms with Gasteiger partial charge in [-0.25, -0.2) is 4.68 Å². The molecule has 0 unspecified atom stereocenters. The van der Waals surface area contributed by atoms with Crippen molar-refractivity contribution in [3.8, 4) is 17.1 Å². The van der Waals surface area contributed by atoms with E-state index in [2.05, 4.69) is 15.2 Å². The lowest BCUT2D eigenvalue weighted by molar-refractivity contribution is -0.140. The summed E-state index contributed by atoms with van der Waals surface area (Å²) in [6.45, 7) is 0.182. The minimum Gasteiger partial charge on any atom is -0.469 e. The Bertz CT molecular complexity index is 854. The van der Waals surface area contributed by atoms with Gasteiger partial charge >= 0.3 is 5.97 Å². The molecule has 7 nitrogen and oxygen atoms in total. The van der Waals surface area contributed by atoms with Crippen molar-refractivity contribution in [3.63, 3.8) is 0 Å². The molecule has 3 aromatic rings. The molecule has 7 heteroatoms. The van der Waals surface area contributed by atoms with E-state index in [4.69, 9.17) is 4.42 Å². The summed E-state index contributed by atoms with van der Waals surface area (Å²) in [6, 6.07) is 14.5. The number of ether oxygens (including phenoxy) is 1. The van der Waals surface area contributed by atoms with Crippen molar-refractivity contribution in [3.05, 3.63) is 60.5 Å². The number of nitrogens with one attached hydrogen (secondary N) is 1. The molecule has 2 aromatic heterocycles. The summed E-state index contributed by atoms with van der Waals surface area (Å²) in [5.41, 5.74) is 1.65. The van der Waals surface area contributed by atoms with E-state index in [0.717, 1.165) is 5.69 Å². The Kier molecular flexibility index (Phi) is 4.94. The van der Waals surface area contributed by atoms with Gasteiger partial charge in [-0.05, 0) is 24.3 Å². The van der Waals surface area contributed by atoms with Gasteiger partial charge in [0.2, 0.25) is 0 Å². The maximum absolute atomic E-state index is 12.5. The lowest BCUT2D eigenvalue weighted by Crippen LogP contribution is -2.28. The van der Waals surface area contributed by atoms with Crippen molar-refractivity contribution in [1.82, 2.24) is 15.1 Å². The van der Waals surface area contributed by atoms with Gasteiger partial charge in [-0.15, -0.1) is 0 Å². The predicted octanol–water partition coefficient (Wildman–Crippen LogP) is 2.43. The van der Waals surface area contributed by atoms with Gasteiger partial charge in [0.05, 0.1) is 25.5 Å². The molecule has 128 valence electrons. The van der Waals surface area contributed by atoms with Crippen LogP contribution < -0.4 is 5.32 Å². The van der Waals surface area contributed by atoms with E-state index in [1.165, 1.54) is 7.11 Å². The quantitative estimate of drug-likeness (QED) is 0.697. The molecule has 0 atom stereocenters. The van der Waals surface area contributed by atoms with Gasteiger partial charge < -0.3 is 14.5 Å². The maximum atomic E-state index is 12.5. The highest BCUT2D eigenvalue weighted by molar-refractivity contribution is 5.94. The van der Waals surface area contributed by atoms with Crippen LogP contribution >= 0.6 is 0 Å². The van der Waals surface area contributed by atoms with Crippen LogP contribution in [0.4, 0.5) is 0 Å². The summed E-state index contributed by atoms with van der Waals surface area (Å²) in [5.74, 6) is -0.149. The molecular weight excluding hydrogens is 322 g/mol. The number of hydrogen-bond acceptors (Lipinski definition) is 5. The molecule has 2 heterocycles. The number of rotatable bonds is 6. The second-order valence-electron chi connectivity index (χ2n) is 5.22. The van der Waals surface area contributed by atoms with Crippen LogP contribution in [0.5, 0.6) is 0 Å². The molecule has 0 spiro atoms. The number of furan rings is 1. The zero-order valence-electron chi connectivity index (χ0n) is 13.6. The van der Waals surface area contributed by atoms with E-state index in [1.807, 2.05) is 30.3 Å². The Morgan fingerprint density at radius 1 is 1.20 bits per heavy atom. The van der Waals surface area contributed by atoms with Crippen LogP contribution in [-0.4, -0.2) is 35.3 Å². The fourth-order valence-electron chi connectivity index (χ4n) is 2.32. The Labute approximate surface area is 144 Å². The van der Waals surface area contributed by atoms with Crippen molar-refractivity contribution in [2.24, 2.45) is 0 Å². The molecule has 1 aromatic carbocycles. The molecule has 0 aliphatic carbocycles. The van der Waals surface area contributed by atoms with Crippen LogP contribution in [0.25, 0.3) is 17.1 Å². The predicted molar refractivity (Wildman–Crippen MR) is 90.2 cm³/mol. The lowest BCUT2D eigenvalue weighted by atomic mass is 10.2. The molecule has 1 amide bonds. The first-order valence-corrected chi connectivity index (χ1v) is 7.73. The molecule has 0 bridgehead atoms. The molecule has 1 N–H and O–H groups in total. The largest absolute Gasteiger partial charge is 0.469 e. The Balaban J connectivity index is 1.88. The van der Waals surface area contributed by atoms with Gasteiger partial charge in [-0.3, -0.25) is 9.59 Å². The highest BCUT2D eigenvalue weighted by Gasteiger charge is 2.18. The average molecular weight is 339 g/mol. The minimum atomic E-state index is -0.381. The highest BCUT2D eigenvalue weighted by Crippen LogP contribution is 2.22. The Morgan fingerprint density at radius 3 is 2.68 bits per heavy atom. The molecule has 25 heavy (non-hydrogen) atoms. The number of para-hydroxylation sites is 1. The fourth-order valence-corrected chi connectivity index (χ4v) is 2.32. The number of carbonyl (C=O) groups is 2. The number of aromatic nitrogens is 2. The third-order valence-corrected chi connectivity index (χ3v) is 3.56. The zero-order chi connectivity index (χ0) is 17.6. The normalized spacial score (nSPS) is 10.4. The average Bonchev–Trinajstić information content (AvgIpc) is 3.31. The minimum absolute atomic E-state index is 0.104. The first kappa shape index (κ1) is 16.5. The van der Waals surface area contributed by atoms with Crippen LogP contribution in [0.2, 0.25) is 0 Å². The number of carbonyl (C=O) groups excluding carboxylic acids is 2. The van der Waals surface area contributed by atoms with Crippen LogP contribution in [0, 0.1) is 0 Å². The van der Waals surface area contributed by atoms with E-state index in [9.17, 15) is 9.59 Å². The van der Waals surface area contributed by atoms with E-state index in [1.54, 1.807) is 29.1 Å². The van der Waals surface area contributed by atoms with Gasteiger partial charge in [0.1, 0.15) is 11.4 Å². The van der Waals surface area contributed by atoms with Crippen LogP contribution in [-0.2, 0) is 9.53 Å². The summed E-state index contributed by atoms with van der Waals surface area (Å²) < 4.78 is 11.5. The van der Waals surface area contributed by atoms with E-state index in [0.29, 0.717) is 17.1 Å². The summed E-state index contributed by atoms with van der Waals surface area (Å²) in [5, 5.41) is 7.18. The van der Waals surface area contributed by atoms with Gasteiger partial charge in [0.15, 0.2) is 5.76 Å².